The number of aryl methyl sites for hydroxylation is 1. The number of carbonyl (C=O) groups is 1. The fourth-order valence-electron chi connectivity index (χ4n) is 2.40. The minimum Gasteiger partial charge on any atom is -0.478 e. The second-order valence-electron chi connectivity index (χ2n) is 5.02. The average Bonchev–Trinajstić information content (AvgIpc) is 3.08. The molecule has 5 heteroatoms. The van der Waals surface area contributed by atoms with Crippen LogP contribution in [0.2, 0.25) is 0 Å². The molecule has 94 valence electrons. The van der Waals surface area contributed by atoms with Gasteiger partial charge in [0.05, 0.1) is 23.2 Å². The maximum atomic E-state index is 11.2. The number of pyridine rings is 1. The third kappa shape index (κ3) is 1.66. The van der Waals surface area contributed by atoms with Gasteiger partial charge in [-0.05, 0) is 38.7 Å². The van der Waals surface area contributed by atoms with Gasteiger partial charge in [0.1, 0.15) is 0 Å². The van der Waals surface area contributed by atoms with E-state index in [0.29, 0.717) is 28.7 Å². The Kier molecular flexibility index (Phi) is 2.36. The van der Waals surface area contributed by atoms with Gasteiger partial charge < -0.3 is 5.11 Å². The third-order valence-electron chi connectivity index (χ3n) is 3.62. The van der Waals surface area contributed by atoms with Crippen molar-refractivity contribution in [1.29, 1.82) is 0 Å². The maximum absolute atomic E-state index is 11.2. The number of carboxylic acid groups (broad SMARTS) is 1. The summed E-state index contributed by atoms with van der Waals surface area (Å²) >= 11 is 0. The van der Waals surface area contributed by atoms with Crippen molar-refractivity contribution in [2.24, 2.45) is 5.92 Å². The van der Waals surface area contributed by atoms with Gasteiger partial charge in [-0.15, -0.1) is 0 Å². The van der Waals surface area contributed by atoms with Crippen molar-refractivity contribution in [3.8, 4) is 0 Å². The molecule has 1 N–H and O–H groups in total. The lowest BCUT2D eigenvalue weighted by Crippen LogP contribution is -2.10. The number of rotatable bonds is 3. The van der Waals surface area contributed by atoms with E-state index in [1.165, 1.54) is 12.8 Å². The second kappa shape index (κ2) is 3.80. The molecule has 18 heavy (non-hydrogen) atoms. The minimum atomic E-state index is -0.927. The highest BCUT2D eigenvalue weighted by molar-refractivity contribution is 6.01. The fraction of sp³-hybridized carbons (Fsp3) is 0.462. The Balaban J connectivity index is 2.20. The highest BCUT2D eigenvalue weighted by Crippen LogP contribution is 2.40. The summed E-state index contributed by atoms with van der Waals surface area (Å²) in [5, 5.41) is 14.2. The Morgan fingerprint density at radius 2 is 2.28 bits per heavy atom. The lowest BCUT2D eigenvalue weighted by Gasteiger charge is -2.11. The van der Waals surface area contributed by atoms with Gasteiger partial charge in [0.2, 0.25) is 0 Å². The monoisotopic (exact) mass is 245 g/mol. The molecular weight excluding hydrogens is 230 g/mol. The summed E-state index contributed by atoms with van der Waals surface area (Å²) in [6.45, 7) is 3.93. The molecule has 0 saturated heterocycles. The van der Waals surface area contributed by atoms with Gasteiger partial charge in [0, 0.05) is 5.69 Å². The zero-order valence-corrected chi connectivity index (χ0v) is 10.4. The van der Waals surface area contributed by atoms with Gasteiger partial charge >= 0.3 is 5.97 Å². The van der Waals surface area contributed by atoms with Crippen molar-refractivity contribution in [2.45, 2.75) is 32.7 Å². The van der Waals surface area contributed by atoms with E-state index >= 15 is 0 Å². The molecule has 3 rings (SSSR count). The zero-order valence-electron chi connectivity index (χ0n) is 10.4. The van der Waals surface area contributed by atoms with Gasteiger partial charge in [0.25, 0.3) is 0 Å². The van der Waals surface area contributed by atoms with E-state index in [0.717, 1.165) is 0 Å². The van der Waals surface area contributed by atoms with E-state index in [-0.39, 0.29) is 5.56 Å². The molecule has 0 aliphatic heterocycles. The van der Waals surface area contributed by atoms with Crippen LogP contribution in [0.3, 0.4) is 0 Å². The summed E-state index contributed by atoms with van der Waals surface area (Å²) in [5.74, 6) is -0.271. The van der Waals surface area contributed by atoms with Crippen LogP contribution in [-0.4, -0.2) is 25.8 Å². The van der Waals surface area contributed by atoms with Gasteiger partial charge in [-0.3, -0.25) is 0 Å². The fourth-order valence-corrected chi connectivity index (χ4v) is 2.40. The molecule has 1 atom stereocenters. The summed E-state index contributed by atoms with van der Waals surface area (Å²) < 4.78 is 1.87. The molecule has 2 aromatic rings. The van der Waals surface area contributed by atoms with Gasteiger partial charge in [-0.1, -0.05) is 0 Å². The van der Waals surface area contributed by atoms with Crippen LogP contribution in [0.25, 0.3) is 11.0 Å². The molecule has 0 bridgehead atoms. The molecule has 2 aromatic heterocycles. The number of fused-ring (bicyclic) bond motifs is 1. The van der Waals surface area contributed by atoms with E-state index in [2.05, 4.69) is 17.0 Å². The number of hydrogen-bond donors (Lipinski definition) is 1. The quantitative estimate of drug-likeness (QED) is 0.901. The number of carboxylic acids is 1. The molecule has 0 spiro atoms. The van der Waals surface area contributed by atoms with Crippen LogP contribution in [0, 0.1) is 12.8 Å². The predicted molar refractivity (Wildman–Crippen MR) is 66.7 cm³/mol. The van der Waals surface area contributed by atoms with Crippen molar-refractivity contribution in [1.82, 2.24) is 14.8 Å². The molecule has 0 amide bonds. The number of aromatic carboxylic acids is 1. The van der Waals surface area contributed by atoms with Crippen LogP contribution in [0.5, 0.6) is 0 Å². The lowest BCUT2D eigenvalue weighted by atomic mass is 10.1. The molecular formula is C13H15N3O2. The zero-order chi connectivity index (χ0) is 12.9. The highest BCUT2D eigenvalue weighted by atomic mass is 16.4. The summed E-state index contributed by atoms with van der Waals surface area (Å²) in [4.78, 5) is 15.7. The van der Waals surface area contributed by atoms with Crippen LogP contribution in [-0.2, 0) is 0 Å². The van der Waals surface area contributed by atoms with Crippen molar-refractivity contribution in [2.75, 3.05) is 0 Å². The average molecular weight is 245 g/mol. The van der Waals surface area contributed by atoms with Gasteiger partial charge in [-0.2, -0.15) is 5.10 Å². The van der Waals surface area contributed by atoms with E-state index in [1.54, 1.807) is 12.3 Å². The summed E-state index contributed by atoms with van der Waals surface area (Å²) in [6, 6.07) is 1.89. The van der Waals surface area contributed by atoms with Crippen molar-refractivity contribution in [3.63, 3.8) is 0 Å². The molecule has 1 fully saturated rings. The van der Waals surface area contributed by atoms with Crippen LogP contribution in [0.4, 0.5) is 0 Å². The van der Waals surface area contributed by atoms with E-state index in [4.69, 9.17) is 0 Å². The molecule has 0 radical (unpaired) electrons. The topological polar surface area (TPSA) is 68.0 Å². The molecule has 0 aromatic carbocycles. The predicted octanol–water partition coefficient (Wildman–Crippen LogP) is 2.41. The lowest BCUT2D eigenvalue weighted by molar-refractivity contribution is 0.0699. The molecule has 1 saturated carbocycles. The number of nitrogens with zero attached hydrogens (tertiary/aromatic N) is 3. The molecule has 1 aliphatic rings. The summed E-state index contributed by atoms with van der Waals surface area (Å²) in [7, 11) is 0. The Morgan fingerprint density at radius 1 is 1.56 bits per heavy atom. The molecule has 5 nitrogen and oxygen atoms in total. The van der Waals surface area contributed by atoms with Gasteiger partial charge in [-0.25, -0.2) is 14.5 Å². The van der Waals surface area contributed by atoms with Gasteiger partial charge in [0.15, 0.2) is 5.65 Å². The Bertz CT molecular complexity index is 628. The summed E-state index contributed by atoms with van der Waals surface area (Å²) in [5.41, 5.74) is 1.68. The first kappa shape index (κ1) is 11.2. The largest absolute Gasteiger partial charge is 0.478 e. The van der Waals surface area contributed by atoms with E-state index < -0.39 is 5.97 Å². The van der Waals surface area contributed by atoms with E-state index in [9.17, 15) is 9.90 Å². The third-order valence-corrected chi connectivity index (χ3v) is 3.62. The van der Waals surface area contributed by atoms with Crippen LogP contribution in [0.15, 0.2) is 12.3 Å². The molecule has 2 heterocycles. The number of aromatic nitrogens is 3. The minimum absolute atomic E-state index is 0.284. The normalized spacial score (nSPS) is 17.0. The Labute approximate surface area is 104 Å². The summed E-state index contributed by atoms with van der Waals surface area (Å²) in [6.07, 6.45) is 4.06. The Hall–Kier alpha value is -1.91. The smallest absolute Gasteiger partial charge is 0.336 e. The number of hydrogen-bond acceptors (Lipinski definition) is 3. The van der Waals surface area contributed by atoms with Crippen LogP contribution >= 0.6 is 0 Å². The molecule has 1 unspecified atom stereocenters. The molecule has 1 aliphatic carbocycles. The first-order valence-corrected chi connectivity index (χ1v) is 6.16. The van der Waals surface area contributed by atoms with E-state index in [1.807, 2.05) is 11.6 Å². The van der Waals surface area contributed by atoms with Crippen LogP contribution in [0.1, 0.15) is 41.9 Å². The Morgan fingerprint density at radius 3 is 2.89 bits per heavy atom. The standard InChI is InChI=1S/C13H15N3O2/c1-7-5-10(13(17)18)11-6-14-16(12(11)15-7)8(2)9-3-4-9/h5-6,8-9H,3-4H2,1-2H3,(H,17,18). The van der Waals surface area contributed by atoms with Crippen LogP contribution < -0.4 is 0 Å². The first-order chi connectivity index (χ1) is 8.58. The highest BCUT2D eigenvalue weighted by Gasteiger charge is 2.31. The maximum Gasteiger partial charge on any atom is 0.336 e. The SMILES string of the molecule is Cc1cc(C(=O)O)c2cnn(C(C)C3CC3)c2n1. The van der Waals surface area contributed by atoms with Crippen molar-refractivity contribution >= 4 is 17.0 Å². The second-order valence-corrected chi connectivity index (χ2v) is 5.02. The van der Waals surface area contributed by atoms with Crippen molar-refractivity contribution in [3.05, 3.63) is 23.5 Å². The van der Waals surface area contributed by atoms with Crippen molar-refractivity contribution < 1.29 is 9.90 Å². The first-order valence-electron chi connectivity index (χ1n) is 6.16.